The van der Waals surface area contributed by atoms with Crippen LogP contribution < -0.4 is 16.2 Å². The van der Waals surface area contributed by atoms with E-state index in [4.69, 9.17) is 16.1 Å². The van der Waals surface area contributed by atoms with Crippen LogP contribution in [0.1, 0.15) is 0 Å². The second kappa shape index (κ2) is 16.8. The minimum atomic E-state index is -1.24. The van der Waals surface area contributed by atoms with Gasteiger partial charge in [0.2, 0.25) is 5.91 Å². The molecule has 0 fully saturated rings. The number of carboxylic acid groups (broad SMARTS) is 4. The van der Waals surface area contributed by atoms with Crippen LogP contribution in [0.15, 0.2) is 48.5 Å². The van der Waals surface area contributed by atoms with Crippen molar-refractivity contribution < 1.29 is 44.4 Å². The number of fused-ring (bicyclic) bond motifs is 2. The molecule has 0 aliphatic carbocycles. The highest BCUT2D eigenvalue weighted by Gasteiger charge is 2.20. The van der Waals surface area contributed by atoms with Crippen LogP contribution in [0.2, 0.25) is 0 Å². The predicted molar refractivity (Wildman–Crippen MR) is 164 cm³/mol. The van der Waals surface area contributed by atoms with Gasteiger partial charge in [0.05, 0.1) is 56.0 Å². The van der Waals surface area contributed by atoms with Crippen molar-refractivity contribution in [1.82, 2.24) is 25.0 Å². The molecule has 1 amide bonds. The molecule has 0 saturated heterocycles. The molecular weight excluding hydrogens is 590 g/mol. The molecular formula is C29H37N7O9. The number of hydrogen-bond donors (Lipinski definition) is 6. The smallest absolute Gasteiger partial charge is 0.317 e. The summed E-state index contributed by atoms with van der Waals surface area (Å²) in [5.41, 5.74) is 2.29. The van der Waals surface area contributed by atoms with Crippen molar-refractivity contribution >= 4 is 57.3 Å². The van der Waals surface area contributed by atoms with Crippen LogP contribution in [0, 0.1) is 0 Å². The predicted octanol–water partition coefficient (Wildman–Crippen LogP) is -0.571. The molecule has 1 heterocycles. The quantitative estimate of drug-likeness (QED) is 0.0523. The Morgan fingerprint density at radius 3 is 1.47 bits per heavy atom. The fraction of sp³-hybridized carbons (Fsp3) is 0.379. The molecule has 0 bridgehead atoms. The third-order valence-corrected chi connectivity index (χ3v) is 6.79. The van der Waals surface area contributed by atoms with Crippen molar-refractivity contribution in [1.29, 1.82) is 0 Å². The second-order valence-corrected chi connectivity index (χ2v) is 10.3. The Bertz CT molecular complexity index is 1450. The maximum Gasteiger partial charge on any atom is 0.317 e. The zero-order valence-electron chi connectivity index (χ0n) is 24.5. The second-order valence-electron chi connectivity index (χ2n) is 10.3. The number of nitrogens with two attached hydrogens (primary N) is 1. The van der Waals surface area contributed by atoms with Crippen molar-refractivity contribution in [2.24, 2.45) is 5.84 Å². The Kier molecular flexibility index (Phi) is 12.9. The van der Waals surface area contributed by atoms with E-state index in [-0.39, 0.29) is 45.8 Å². The van der Waals surface area contributed by atoms with Gasteiger partial charge in [-0.3, -0.25) is 38.7 Å². The van der Waals surface area contributed by atoms with Crippen molar-refractivity contribution in [2.45, 2.75) is 0 Å². The number of rotatable bonds is 20. The van der Waals surface area contributed by atoms with E-state index < -0.39 is 56.0 Å². The molecule has 16 heteroatoms. The number of nitrogens with zero attached hydrogens (tertiary/aromatic N) is 5. The van der Waals surface area contributed by atoms with Crippen LogP contribution in [-0.2, 0) is 24.0 Å². The van der Waals surface area contributed by atoms with Gasteiger partial charge >= 0.3 is 23.9 Å². The lowest BCUT2D eigenvalue weighted by Crippen LogP contribution is -2.47. The van der Waals surface area contributed by atoms with Crippen molar-refractivity contribution in [2.75, 3.05) is 77.0 Å². The number of hydrogen-bond acceptors (Lipinski definition) is 11. The van der Waals surface area contributed by atoms with Crippen molar-refractivity contribution in [3.8, 4) is 0 Å². The molecule has 1 aromatic heterocycles. The van der Waals surface area contributed by atoms with E-state index in [9.17, 15) is 34.2 Å². The number of carbonyl (C=O) groups is 5. The first kappa shape index (κ1) is 34.6. The highest BCUT2D eigenvalue weighted by molar-refractivity contribution is 6.07. The monoisotopic (exact) mass is 627 g/mol. The molecule has 3 aromatic rings. The number of carboxylic acids is 4. The van der Waals surface area contributed by atoms with Gasteiger partial charge in [-0.1, -0.05) is 36.4 Å². The number of carbonyl (C=O) groups excluding carboxylic acids is 1. The number of hydrazine groups is 1. The number of aliphatic carboxylic acids is 4. The topological polar surface area (TPSA) is 230 Å². The highest BCUT2D eigenvalue weighted by Crippen LogP contribution is 2.32. The summed E-state index contributed by atoms with van der Waals surface area (Å²) in [6.45, 7) is -1.96. The molecule has 0 aliphatic rings. The van der Waals surface area contributed by atoms with Crippen LogP contribution in [0.4, 0.5) is 5.69 Å². The van der Waals surface area contributed by atoms with Crippen LogP contribution in [0.5, 0.6) is 0 Å². The van der Waals surface area contributed by atoms with Gasteiger partial charge in [-0.25, -0.2) is 10.8 Å². The van der Waals surface area contributed by atoms with Gasteiger partial charge in [0.25, 0.3) is 0 Å². The van der Waals surface area contributed by atoms with E-state index in [0.29, 0.717) is 0 Å². The third kappa shape index (κ3) is 11.3. The third-order valence-electron chi connectivity index (χ3n) is 6.79. The lowest BCUT2D eigenvalue weighted by Gasteiger charge is -2.27. The Hall–Kier alpha value is -4.90. The summed E-state index contributed by atoms with van der Waals surface area (Å²) in [4.78, 5) is 66.4. The SMILES string of the molecule is NN(CCNC(=O)CN(CCN(CCN(CC(=O)O)CC(=O)O)CC(=O)O)CC(=O)O)c1c2ccccc2nc2ccccc12. The van der Waals surface area contributed by atoms with Crippen LogP contribution in [0.25, 0.3) is 21.8 Å². The molecule has 16 nitrogen and oxygen atoms in total. The van der Waals surface area contributed by atoms with Crippen molar-refractivity contribution in [3.63, 3.8) is 0 Å². The molecule has 0 spiro atoms. The number of aromatic nitrogens is 1. The first-order valence-corrected chi connectivity index (χ1v) is 14.0. The minimum Gasteiger partial charge on any atom is -0.480 e. The molecule has 0 atom stereocenters. The Balaban J connectivity index is 1.59. The summed E-state index contributed by atoms with van der Waals surface area (Å²) in [6, 6.07) is 15.1. The first-order chi connectivity index (χ1) is 21.4. The van der Waals surface area contributed by atoms with E-state index in [1.54, 1.807) is 0 Å². The van der Waals surface area contributed by atoms with Gasteiger partial charge < -0.3 is 30.8 Å². The average Bonchev–Trinajstić information content (AvgIpc) is 2.95. The number of pyridine rings is 1. The highest BCUT2D eigenvalue weighted by atomic mass is 16.4. The number of para-hydroxylation sites is 2. The Labute approximate surface area is 258 Å². The number of amides is 1. The van der Waals surface area contributed by atoms with Gasteiger partial charge in [0, 0.05) is 43.5 Å². The number of anilines is 1. The van der Waals surface area contributed by atoms with E-state index in [1.165, 1.54) is 14.8 Å². The summed E-state index contributed by atoms with van der Waals surface area (Å²) in [5.74, 6) is 1.14. The van der Waals surface area contributed by atoms with Gasteiger partial charge in [-0.15, -0.1) is 0 Å². The standard InChI is InChI=1S/C29H37N7O9/c30-36(29-20-5-1-3-7-22(20)32-23-8-4-2-6-21(23)29)10-9-31-24(37)15-34(17-26(40)41)13-11-33(16-25(38)39)12-14-35(18-27(42)43)19-28(44)45/h1-8H,9-19,30H2,(H,31,37)(H,38,39)(H,40,41)(H,42,43)(H,44,45). The normalized spacial score (nSPS) is 11.4. The van der Waals surface area contributed by atoms with Gasteiger partial charge in [0.15, 0.2) is 0 Å². The van der Waals surface area contributed by atoms with Gasteiger partial charge in [-0.2, -0.15) is 0 Å². The molecule has 7 N–H and O–H groups in total. The van der Waals surface area contributed by atoms with Crippen LogP contribution in [0.3, 0.4) is 0 Å². The maximum atomic E-state index is 12.8. The fourth-order valence-corrected chi connectivity index (χ4v) is 4.84. The Morgan fingerprint density at radius 2 is 1.00 bits per heavy atom. The van der Waals surface area contributed by atoms with Crippen molar-refractivity contribution in [3.05, 3.63) is 48.5 Å². The van der Waals surface area contributed by atoms with Crippen LogP contribution in [-0.4, -0.2) is 142 Å². The molecule has 242 valence electrons. The molecule has 0 unspecified atom stereocenters. The summed E-state index contributed by atoms with van der Waals surface area (Å²) in [7, 11) is 0. The molecule has 0 saturated carbocycles. The molecule has 2 aromatic carbocycles. The lowest BCUT2D eigenvalue weighted by atomic mass is 10.1. The number of nitrogens with one attached hydrogen (secondary N) is 1. The van der Waals surface area contributed by atoms with E-state index >= 15 is 0 Å². The summed E-state index contributed by atoms with van der Waals surface area (Å²) in [5, 5.41) is 42.7. The van der Waals surface area contributed by atoms with E-state index in [2.05, 4.69) is 10.3 Å². The van der Waals surface area contributed by atoms with Gasteiger partial charge in [0.1, 0.15) is 0 Å². The first-order valence-electron chi connectivity index (χ1n) is 14.0. The minimum absolute atomic E-state index is 0.00285. The molecule has 45 heavy (non-hydrogen) atoms. The van der Waals surface area contributed by atoms with E-state index in [1.807, 2.05) is 48.5 Å². The number of benzene rings is 2. The zero-order chi connectivity index (χ0) is 32.9. The summed E-state index contributed by atoms with van der Waals surface area (Å²) < 4.78 is 0. The summed E-state index contributed by atoms with van der Waals surface area (Å²) in [6.07, 6.45) is 0. The lowest BCUT2D eigenvalue weighted by molar-refractivity contribution is -0.143. The summed E-state index contributed by atoms with van der Waals surface area (Å²) >= 11 is 0. The molecule has 0 radical (unpaired) electrons. The zero-order valence-corrected chi connectivity index (χ0v) is 24.5. The van der Waals surface area contributed by atoms with Crippen LogP contribution >= 0.6 is 0 Å². The largest absolute Gasteiger partial charge is 0.480 e. The molecule has 0 aliphatic heterocycles. The Morgan fingerprint density at radius 1 is 0.600 bits per heavy atom. The fourth-order valence-electron chi connectivity index (χ4n) is 4.84. The molecule has 3 rings (SSSR count). The average molecular weight is 628 g/mol. The van der Waals surface area contributed by atoms with Gasteiger partial charge in [-0.05, 0) is 12.1 Å². The maximum absolute atomic E-state index is 12.8. The van der Waals surface area contributed by atoms with E-state index in [0.717, 1.165) is 32.4 Å².